The van der Waals surface area contributed by atoms with E-state index >= 15 is 0 Å². The van der Waals surface area contributed by atoms with Crippen LogP contribution in [0.15, 0.2) is 65.7 Å². The molecule has 1 N–H and O–H groups in total. The molecule has 3 aromatic rings. The predicted octanol–water partition coefficient (Wildman–Crippen LogP) is 4.78. The summed E-state index contributed by atoms with van der Waals surface area (Å²) in [6.45, 7) is 5.28. The van der Waals surface area contributed by atoms with E-state index in [1.165, 1.54) is 0 Å². The Morgan fingerprint density at radius 3 is 2.58 bits per heavy atom. The van der Waals surface area contributed by atoms with Crippen LogP contribution in [0, 0.1) is 0 Å². The second-order valence-corrected chi connectivity index (χ2v) is 6.01. The van der Waals surface area contributed by atoms with Crippen molar-refractivity contribution in [1.29, 1.82) is 0 Å². The molecule has 3 rings (SSSR count). The third-order valence-electron chi connectivity index (χ3n) is 4.43. The minimum absolute atomic E-state index is 0.0000538. The molecule has 0 spiro atoms. The van der Waals surface area contributed by atoms with Crippen LogP contribution in [0.25, 0.3) is 10.8 Å². The van der Waals surface area contributed by atoms with Gasteiger partial charge in [-0.1, -0.05) is 36.4 Å². The van der Waals surface area contributed by atoms with Crippen LogP contribution in [0.4, 0.5) is 5.69 Å². The Kier molecular flexibility index (Phi) is 5.32. The molecule has 0 saturated heterocycles. The van der Waals surface area contributed by atoms with E-state index in [4.69, 9.17) is 0 Å². The largest absolute Gasteiger partial charge is 0.507 e. The highest BCUT2D eigenvalue weighted by molar-refractivity contribution is 6.03. The summed E-state index contributed by atoms with van der Waals surface area (Å²) < 4.78 is 0. The standard InChI is InChI=1S/C22H22N2O2/c1-3-24(4-2)22(26)17-9-7-10-18(14-17)23-15-20-19-11-6-5-8-16(19)12-13-21(20)25/h5-15,25H,3-4H2,1-2H3. The van der Waals surface area contributed by atoms with Crippen LogP contribution in [0.5, 0.6) is 5.75 Å². The number of carbonyl (C=O) groups is 1. The molecule has 0 aliphatic carbocycles. The van der Waals surface area contributed by atoms with Gasteiger partial charge in [-0.2, -0.15) is 0 Å². The van der Waals surface area contributed by atoms with Gasteiger partial charge in [-0.05, 0) is 48.9 Å². The van der Waals surface area contributed by atoms with Crippen molar-refractivity contribution in [2.24, 2.45) is 4.99 Å². The Morgan fingerprint density at radius 2 is 1.81 bits per heavy atom. The van der Waals surface area contributed by atoms with Crippen molar-refractivity contribution in [3.05, 3.63) is 71.8 Å². The summed E-state index contributed by atoms with van der Waals surface area (Å²) in [6.07, 6.45) is 1.65. The molecular weight excluding hydrogens is 324 g/mol. The highest BCUT2D eigenvalue weighted by Crippen LogP contribution is 2.26. The van der Waals surface area contributed by atoms with Crippen LogP contribution in [0.3, 0.4) is 0 Å². The number of amides is 1. The SMILES string of the molecule is CCN(CC)C(=O)c1cccc(N=Cc2c(O)ccc3ccccc23)c1. The van der Waals surface area contributed by atoms with E-state index in [9.17, 15) is 9.90 Å². The quantitative estimate of drug-likeness (QED) is 0.676. The minimum atomic E-state index is 0.0000538. The molecule has 26 heavy (non-hydrogen) atoms. The Labute approximate surface area is 153 Å². The molecule has 0 fully saturated rings. The number of rotatable bonds is 5. The topological polar surface area (TPSA) is 52.9 Å². The van der Waals surface area contributed by atoms with Gasteiger partial charge < -0.3 is 10.0 Å². The van der Waals surface area contributed by atoms with Crippen LogP contribution in [0.2, 0.25) is 0 Å². The third kappa shape index (κ3) is 3.59. The number of aliphatic imine (C=N–C) groups is 1. The van der Waals surface area contributed by atoms with Crippen molar-refractivity contribution in [2.45, 2.75) is 13.8 Å². The monoisotopic (exact) mass is 346 g/mol. The smallest absolute Gasteiger partial charge is 0.253 e. The second-order valence-electron chi connectivity index (χ2n) is 6.01. The van der Waals surface area contributed by atoms with Crippen LogP contribution in [0.1, 0.15) is 29.8 Å². The Morgan fingerprint density at radius 1 is 1.04 bits per heavy atom. The molecule has 0 aliphatic heterocycles. The average molecular weight is 346 g/mol. The Bertz CT molecular complexity index is 959. The number of fused-ring (bicyclic) bond motifs is 1. The summed E-state index contributed by atoms with van der Waals surface area (Å²) in [7, 11) is 0. The van der Waals surface area contributed by atoms with Crippen LogP contribution < -0.4 is 0 Å². The number of phenolic OH excluding ortho intramolecular Hbond substituents is 1. The van der Waals surface area contributed by atoms with Gasteiger partial charge in [0.25, 0.3) is 5.91 Å². The summed E-state index contributed by atoms with van der Waals surface area (Å²) in [5.74, 6) is 0.183. The van der Waals surface area contributed by atoms with Gasteiger partial charge >= 0.3 is 0 Å². The molecule has 4 heteroatoms. The first-order valence-electron chi connectivity index (χ1n) is 8.78. The summed E-state index contributed by atoms with van der Waals surface area (Å²) in [5.41, 5.74) is 1.96. The summed E-state index contributed by atoms with van der Waals surface area (Å²) in [6, 6.07) is 18.6. The lowest BCUT2D eigenvalue weighted by atomic mass is 10.0. The lowest BCUT2D eigenvalue weighted by Crippen LogP contribution is -2.30. The molecule has 132 valence electrons. The van der Waals surface area contributed by atoms with Crippen molar-refractivity contribution in [2.75, 3.05) is 13.1 Å². The number of aromatic hydroxyl groups is 1. The maximum Gasteiger partial charge on any atom is 0.253 e. The molecule has 3 aromatic carbocycles. The number of phenols is 1. The van der Waals surface area contributed by atoms with Crippen molar-refractivity contribution in [3.63, 3.8) is 0 Å². The van der Waals surface area contributed by atoms with Crippen molar-refractivity contribution >= 4 is 28.6 Å². The maximum atomic E-state index is 12.5. The summed E-state index contributed by atoms with van der Waals surface area (Å²) in [5, 5.41) is 12.2. The van der Waals surface area contributed by atoms with Gasteiger partial charge in [0.2, 0.25) is 0 Å². The van der Waals surface area contributed by atoms with E-state index in [1.54, 1.807) is 29.3 Å². The number of hydrogen-bond acceptors (Lipinski definition) is 3. The van der Waals surface area contributed by atoms with Gasteiger partial charge in [0, 0.05) is 30.4 Å². The van der Waals surface area contributed by atoms with Gasteiger partial charge in [-0.3, -0.25) is 9.79 Å². The summed E-state index contributed by atoms with van der Waals surface area (Å²) >= 11 is 0. The maximum absolute atomic E-state index is 12.5. The lowest BCUT2D eigenvalue weighted by Gasteiger charge is -2.18. The van der Waals surface area contributed by atoms with Gasteiger partial charge in [0.05, 0.1) is 5.69 Å². The second kappa shape index (κ2) is 7.83. The van der Waals surface area contributed by atoms with E-state index in [2.05, 4.69) is 4.99 Å². The first kappa shape index (κ1) is 17.7. The minimum Gasteiger partial charge on any atom is -0.507 e. The predicted molar refractivity (Wildman–Crippen MR) is 107 cm³/mol. The lowest BCUT2D eigenvalue weighted by molar-refractivity contribution is 0.0773. The molecule has 0 aromatic heterocycles. The Hall–Kier alpha value is -3.14. The normalized spacial score (nSPS) is 11.2. The highest BCUT2D eigenvalue weighted by atomic mass is 16.3. The third-order valence-corrected chi connectivity index (χ3v) is 4.43. The number of benzene rings is 3. The first-order valence-corrected chi connectivity index (χ1v) is 8.78. The zero-order chi connectivity index (χ0) is 18.5. The fourth-order valence-corrected chi connectivity index (χ4v) is 2.97. The highest BCUT2D eigenvalue weighted by Gasteiger charge is 2.12. The molecule has 0 saturated carbocycles. The molecule has 4 nitrogen and oxygen atoms in total. The van der Waals surface area contributed by atoms with E-state index in [0.717, 1.165) is 10.8 Å². The van der Waals surface area contributed by atoms with E-state index in [0.29, 0.717) is 29.9 Å². The summed E-state index contributed by atoms with van der Waals surface area (Å²) in [4.78, 5) is 18.8. The Balaban J connectivity index is 1.94. The first-order chi connectivity index (χ1) is 12.6. The number of carbonyl (C=O) groups excluding carboxylic acids is 1. The zero-order valence-electron chi connectivity index (χ0n) is 15.0. The fraction of sp³-hybridized carbons (Fsp3) is 0.182. The zero-order valence-corrected chi connectivity index (χ0v) is 15.0. The molecule has 0 unspecified atom stereocenters. The molecule has 1 amide bonds. The van der Waals surface area contributed by atoms with Crippen LogP contribution in [-0.2, 0) is 0 Å². The molecular formula is C22H22N2O2. The van der Waals surface area contributed by atoms with Gasteiger partial charge in [-0.25, -0.2) is 0 Å². The molecule has 0 radical (unpaired) electrons. The van der Waals surface area contributed by atoms with Crippen LogP contribution in [-0.4, -0.2) is 35.2 Å². The van der Waals surface area contributed by atoms with Crippen molar-refractivity contribution in [1.82, 2.24) is 4.90 Å². The fourth-order valence-electron chi connectivity index (χ4n) is 2.97. The number of nitrogens with zero attached hydrogens (tertiary/aromatic N) is 2. The van der Waals surface area contributed by atoms with Gasteiger partial charge in [0.15, 0.2) is 0 Å². The van der Waals surface area contributed by atoms with Crippen molar-refractivity contribution in [3.8, 4) is 5.75 Å². The van der Waals surface area contributed by atoms with Crippen molar-refractivity contribution < 1.29 is 9.90 Å². The number of hydrogen-bond donors (Lipinski definition) is 1. The molecule has 0 aliphatic rings. The van der Waals surface area contributed by atoms with Crippen LogP contribution >= 0.6 is 0 Å². The van der Waals surface area contributed by atoms with E-state index in [1.807, 2.05) is 56.3 Å². The van der Waals surface area contributed by atoms with E-state index in [-0.39, 0.29) is 11.7 Å². The van der Waals surface area contributed by atoms with Gasteiger partial charge in [-0.15, -0.1) is 0 Å². The molecule has 0 bridgehead atoms. The molecule has 0 atom stereocenters. The van der Waals surface area contributed by atoms with Gasteiger partial charge in [0.1, 0.15) is 5.75 Å². The van der Waals surface area contributed by atoms with E-state index < -0.39 is 0 Å². The molecule has 0 heterocycles. The average Bonchev–Trinajstić information content (AvgIpc) is 2.68.